The highest BCUT2D eigenvalue weighted by atomic mass is 19.4. The average molecular weight is 296 g/mol. The van der Waals surface area contributed by atoms with E-state index in [2.05, 4.69) is 10.1 Å². The third kappa shape index (κ3) is 2.72. The smallest absolute Gasteiger partial charge is 0.354 e. The van der Waals surface area contributed by atoms with Crippen molar-refractivity contribution in [2.45, 2.75) is 25.6 Å². The number of halogens is 3. The number of anilines is 1. The van der Waals surface area contributed by atoms with Crippen LogP contribution in [0.5, 0.6) is 0 Å². The van der Waals surface area contributed by atoms with E-state index in [9.17, 15) is 13.2 Å². The Hall–Kier alpha value is -2.05. The summed E-state index contributed by atoms with van der Waals surface area (Å²) in [4.78, 5) is 6.03. The first kappa shape index (κ1) is 13.9. The van der Waals surface area contributed by atoms with Crippen LogP contribution in [0.4, 0.5) is 19.0 Å². The second kappa shape index (κ2) is 5.05. The maximum absolute atomic E-state index is 12.7. The molecule has 0 amide bonds. The number of aromatic nitrogens is 3. The summed E-state index contributed by atoms with van der Waals surface area (Å²) >= 11 is 0. The molecule has 1 aliphatic heterocycles. The van der Waals surface area contributed by atoms with E-state index in [0.29, 0.717) is 17.9 Å². The highest BCUT2D eigenvalue weighted by Crippen LogP contribution is 2.33. The van der Waals surface area contributed by atoms with Crippen LogP contribution >= 0.6 is 0 Å². The maximum Gasteiger partial charge on any atom is 0.417 e. The monoisotopic (exact) mass is 296 g/mol. The summed E-state index contributed by atoms with van der Waals surface area (Å²) in [6, 6.07) is 3.26. The molecule has 3 heterocycles. The lowest BCUT2D eigenvalue weighted by molar-refractivity contribution is -0.137. The number of nitrogens with zero attached hydrogens (tertiary/aromatic N) is 4. The molecule has 0 aromatic carbocycles. The summed E-state index contributed by atoms with van der Waals surface area (Å²) in [5, 5.41) is 4.22. The van der Waals surface area contributed by atoms with Crippen LogP contribution in [0.3, 0.4) is 0 Å². The Morgan fingerprint density at radius 1 is 1.33 bits per heavy atom. The van der Waals surface area contributed by atoms with Gasteiger partial charge in [0.2, 0.25) is 0 Å². The molecule has 3 rings (SSSR count). The lowest BCUT2D eigenvalue weighted by Gasteiger charge is -2.20. The van der Waals surface area contributed by atoms with Crippen LogP contribution < -0.4 is 4.90 Å². The van der Waals surface area contributed by atoms with Crippen LogP contribution in [-0.4, -0.2) is 27.9 Å². The van der Waals surface area contributed by atoms with Crippen molar-refractivity contribution in [2.75, 3.05) is 18.0 Å². The molecular formula is C14H15F3N4. The van der Waals surface area contributed by atoms with E-state index < -0.39 is 11.7 Å². The number of aryl methyl sites for hydroxylation is 1. The minimum atomic E-state index is -4.35. The van der Waals surface area contributed by atoms with Crippen LogP contribution in [0.15, 0.2) is 30.7 Å². The fraction of sp³-hybridized carbons (Fsp3) is 0.429. The van der Waals surface area contributed by atoms with Gasteiger partial charge in [-0.15, -0.1) is 0 Å². The average Bonchev–Trinajstić information content (AvgIpc) is 3.08. The fourth-order valence-electron chi connectivity index (χ4n) is 2.70. The molecule has 0 radical (unpaired) electrons. The van der Waals surface area contributed by atoms with E-state index in [1.165, 1.54) is 0 Å². The molecule has 0 bridgehead atoms. The van der Waals surface area contributed by atoms with Gasteiger partial charge in [0, 0.05) is 31.7 Å². The van der Waals surface area contributed by atoms with E-state index in [1.807, 2.05) is 21.8 Å². The van der Waals surface area contributed by atoms with Gasteiger partial charge in [-0.2, -0.15) is 18.3 Å². The van der Waals surface area contributed by atoms with Crippen LogP contribution in [0.1, 0.15) is 23.6 Å². The Balaban J connectivity index is 1.79. The number of hydrogen-bond donors (Lipinski definition) is 0. The minimum absolute atomic E-state index is 0.239. The molecule has 2 aromatic rings. The highest BCUT2D eigenvalue weighted by Gasteiger charge is 2.32. The number of pyridine rings is 1. The third-order valence-corrected chi connectivity index (χ3v) is 3.74. The summed E-state index contributed by atoms with van der Waals surface area (Å²) in [6.07, 6.45) is 1.10. The second-order valence-electron chi connectivity index (χ2n) is 5.24. The zero-order valence-electron chi connectivity index (χ0n) is 11.5. The molecule has 21 heavy (non-hydrogen) atoms. The molecule has 4 nitrogen and oxygen atoms in total. The Labute approximate surface area is 120 Å². The van der Waals surface area contributed by atoms with Gasteiger partial charge in [-0.05, 0) is 31.0 Å². The molecule has 7 heteroatoms. The van der Waals surface area contributed by atoms with Gasteiger partial charge in [0.1, 0.15) is 5.82 Å². The molecule has 0 N–H and O–H groups in total. The van der Waals surface area contributed by atoms with Crippen molar-refractivity contribution >= 4 is 5.82 Å². The summed E-state index contributed by atoms with van der Waals surface area (Å²) in [5.74, 6) is 0.623. The quantitative estimate of drug-likeness (QED) is 0.854. The Morgan fingerprint density at radius 3 is 2.76 bits per heavy atom. The number of alkyl halides is 3. The van der Waals surface area contributed by atoms with Gasteiger partial charge in [-0.25, -0.2) is 4.98 Å². The van der Waals surface area contributed by atoms with E-state index >= 15 is 0 Å². The molecule has 1 aliphatic rings. The van der Waals surface area contributed by atoms with Crippen molar-refractivity contribution in [1.82, 2.24) is 14.8 Å². The normalized spacial score (nSPS) is 19.2. The van der Waals surface area contributed by atoms with Crippen LogP contribution in [0, 0.1) is 6.92 Å². The van der Waals surface area contributed by atoms with Crippen LogP contribution in [0.25, 0.3) is 0 Å². The Morgan fingerprint density at radius 2 is 2.14 bits per heavy atom. The first-order valence-electron chi connectivity index (χ1n) is 6.73. The van der Waals surface area contributed by atoms with Crippen molar-refractivity contribution in [3.63, 3.8) is 0 Å². The van der Waals surface area contributed by atoms with Crippen molar-refractivity contribution in [3.05, 3.63) is 41.9 Å². The first-order valence-corrected chi connectivity index (χ1v) is 6.73. The van der Waals surface area contributed by atoms with Crippen molar-refractivity contribution in [1.29, 1.82) is 0 Å². The van der Waals surface area contributed by atoms with E-state index in [1.54, 1.807) is 13.1 Å². The van der Waals surface area contributed by atoms with Crippen molar-refractivity contribution in [2.24, 2.45) is 0 Å². The van der Waals surface area contributed by atoms with E-state index in [4.69, 9.17) is 0 Å². The highest BCUT2D eigenvalue weighted by molar-refractivity contribution is 5.48. The lowest BCUT2D eigenvalue weighted by Crippen LogP contribution is -2.23. The Bertz CT molecular complexity index is 622. The topological polar surface area (TPSA) is 34.0 Å². The standard InChI is InChI=1S/C14H15F3N4/c1-10-7-11(14(15,16)17)8-18-13(10)20-6-3-12(9-20)21-5-2-4-19-21/h2,4-5,7-8,12H,3,6,9H2,1H3. The van der Waals surface area contributed by atoms with Gasteiger partial charge in [0.15, 0.2) is 0 Å². The summed E-state index contributed by atoms with van der Waals surface area (Å²) in [5.41, 5.74) is -0.155. The van der Waals surface area contributed by atoms with Gasteiger partial charge < -0.3 is 4.90 Å². The Kier molecular flexibility index (Phi) is 3.35. The van der Waals surface area contributed by atoms with E-state index in [-0.39, 0.29) is 6.04 Å². The van der Waals surface area contributed by atoms with Crippen LogP contribution in [0.2, 0.25) is 0 Å². The van der Waals surface area contributed by atoms with E-state index in [0.717, 1.165) is 25.2 Å². The first-order chi connectivity index (χ1) is 9.95. The fourth-order valence-corrected chi connectivity index (χ4v) is 2.70. The van der Waals surface area contributed by atoms with Crippen molar-refractivity contribution in [3.8, 4) is 0 Å². The molecule has 1 atom stereocenters. The van der Waals surface area contributed by atoms with Gasteiger partial charge in [-0.3, -0.25) is 4.68 Å². The maximum atomic E-state index is 12.7. The van der Waals surface area contributed by atoms with Gasteiger partial charge in [0.05, 0.1) is 11.6 Å². The van der Waals surface area contributed by atoms with Crippen LogP contribution in [-0.2, 0) is 6.18 Å². The number of hydrogen-bond acceptors (Lipinski definition) is 3. The predicted molar refractivity (Wildman–Crippen MR) is 72.1 cm³/mol. The lowest BCUT2D eigenvalue weighted by atomic mass is 10.2. The largest absolute Gasteiger partial charge is 0.417 e. The summed E-state index contributed by atoms with van der Waals surface area (Å²) in [6.45, 7) is 3.14. The summed E-state index contributed by atoms with van der Waals surface area (Å²) < 4.78 is 39.9. The molecule has 0 aliphatic carbocycles. The van der Waals surface area contributed by atoms with Gasteiger partial charge >= 0.3 is 6.18 Å². The SMILES string of the molecule is Cc1cc(C(F)(F)F)cnc1N1CCC(n2cccn2)C1. The molecule has 1 unspecified atom stereocenters. The molecule has 0 saturated carbocycles. The molecule has 112 valence electrons. The molecular weight excluding hydrogens is 281 g/mol. The second-order valence-corrected chi connectivity index (χ2v) is 5.24. The predicted octanol–water partition coefficient (Wildman–Crippen LogP) is 3.06. The minimum Gasteiger partial charge on any atom is -0.354 e. The van der Waals surface area contributed by atoms with Crippen molar-refractivity contribution < 1.29 is 13.2 Å². The molecule has 0 spiro atoms. The molecule has 1 saturated heterocycles. The molecule has 1 fully saturated rings. The zero-order valence-corrected chi connectivity index (χ0v) is 11.5. The zero-order chi connectivity index (χ0) is 15.0. The van der Waals surface area contributed by atoms with Gasteiger partial charge in [-0.1, -0.05) is 0 Å². The summed E-state index contributed by atoms with van der Waals surface area (Å²) in [7, 11) is 0. The third-order valence-electron chi connectivity index (χ3n) is 3.74. The molecule has 2 aromatic heterocycles. The van der Waals surface area contributed by atoms with Gasteiger partial charge in [0.25, 0.3) is 0 Å². The number of rotatable bonds is 2.